The lowest BCUT2D eigenvalue weighted by Gasteiger charge is -2.38. The Kier molecular flexibility index (Phi) is 10.2. The Hall–Kier alpha value is -1.99. The van der Waals surface area contributed by atoms with Crippen molar-refractivity contribution in [3.63, 3.8) is 0 Å². The molecule has 2 heterocycles. The predicted molar refractivity (Wildman–Crippen MR) is 120 cm³/mol. The Morgan fingerprint density at radius 2 is 1.93 bits per heavy atom. The molecule has 1 aromatic heterocycles. The Morgan fingerprint density at radius 3 is 2.57 bits per heavy atom. The molecule has 1 N–H and O–H groups in total. The second-order valence-electron chi connectivity index (χ2n) is 8.54. The monoisotopic (exact) mass is 417 g/mol. The number of rotatable bonds is 10. The lowest BCUT2D eigenvalue weighted by Crippen LogP contribution is -2.46. The number of piperidine rings is 1. The van der Waals surface area contributed by atoms with Crippen molar-refractivity contribution < 1.29 is 9.59 Å². The number of hydrogen-bond acceptors (Lipinski definition) is 5. The minimum absolute atomic E-state index is 0.0476. The summed E-state index contributed by atoms with van der Waals surface area (Å²) in [4.78, 5) is 35.4. The van der Waals surface area contributed by atoms with Gasteiger partial charge in [-0.05, 0) is 76.5 Å². The third kappa shape index (κ3) is 7.69. The first kappa shape index (κ1) is 24.3. The molecule has 1 fully saturated rings. The van der Waals surface area contributed by atoms with E-state index in [1.807, 2.05) is 33.4 Å². The van der Waals surface area contributed by atoms with Gasteiger partial charge in [0.15, 0.2) is 0 Å². The van der Waals surface area contributed by atoms with Gasteiger partial charge in [-0.3, -0.25) is 19.6 Å². The highest BCUT2D eigenvalue weighted by molar-refractivity contribution is 5.94. The van der Waals surface area contributed by atoms with Crippen molar-refractivity contribution >= 4 is 11.9 Å². The minimum Gasteiger partial charge on any atom is -0.338 e. The molecule has 7 heteroatoms. The van der Waals surface area contributed by atoms with E-state index in [-0.39, 0.29) is 11.9 Å². The first-order valence-electron chi connectivity index (χ1n) is 11.3. The van der Waals surface area contributed by atoms with Crippen molar-refractivity contribution in [2.24, 2.45) is 11.8 Å². The summed E-state index contributed by atoms with van der Waals surface area (Å²) < 4.78 is 0. The molecular formula is C23H39N5O2. The number of hydrogen-bond donors (Lipinski definition) is 1. The molecule has 0 unspecified atom stereocenters. The van der Waals surface area contributed by atoms with Gasteiger partial charge in [0.05, 0.1) is 0 Å². The second kappa shape index (κ2) is 12.6. The third-order valence-electron chi connectivity index (χ3n) is 6.01. The fraction of sp³-hybridized carbons (Fsp3) is 0.696. The van der Waals surface area contributed by atoms with Gasteiger partial charge in [0.25, 0.3) is 0 Å². The number of nitrogens with one attached hydrogen (secondary N) is 1. The summed E-state index contributed by atoms with van der Waals surface area (Å²) in [5, 5.41) is 2.89. The van der Waals surface area contributed by atoms with Gasteiger partial charge in [-0.2, -0.15) is 0 Å². The van der Waals surface area contributed by atoms with Crippen LogP contribution in [0.3, 0.4) is 0 Å². The first-order chi connectivity index (χ1) is 14.4. The summed E-state index contributed by atoms with van der Waals surface area (Å²) in [6, 6.07) is 3.86. The number of imide groups is 1. The number of carbonyl (C=O) groups is 2. The van der Waals surface area contributed by atoms with Crippen LogP contribution >= 0.6 is 0 Å². The number of urea groups is 1. The van der Waals surface area contributed by atoms with Crippen LogP contribution in [-0.2, 0) is 11.3 Å². The van der Waals surface area contributed by atoms with Crippen molar-refractivity contribution in [3.05, 3.63) is 30.1 Å². The molecule has 0 radical (unpaired) electrons. The van der Waals surface area contributed by atoms with E-state index in [9.17, 15) is 9.59 Å². The van der Waals surface area contributed by atoms with Crippen LogP contribution in [0, 0.1) is 11.8 Å². The lowest BCUT2D eigenvalue weighted by atomic mass is 9.81. The van der Waals surface area contributed by atoms with Gasteiger partial charge in [0.2, 0.25) is 5.91 Å². The zero-order valence-electron chi connectivity index (χ0n) is 19.1. The van der Waals surface area contributed by atoms with Crippen molar-refractivity contribution in [2.75, 3.05) is 46.8 Å². The fourth-order valence-corrected chi connectivity index (χ4v) is 4.23. The number of pyridine rings is 1. The van der Waals surface area contributed by atoms with E-state index in [2.05, 4.69) is 39.2 Å². The highest BCUT2D eigenvalue weighted by Crippen LogP contribution is 2.30. The van der Waals surface area contributed by atoms with Crippen LogP contribution in [0.25, 0.3) is 0 Å². The van der Waals surface area contributed by atoms with E-state index in [0.29, 0.717) is 31.3 Å². The SMILES string of the molecule is CC[C@H]1CN(Cc2ccncc2)CC[C@H]1CC(=O)N(CC)C(=O)NCCCN(C)C. The summed E-state index contributed by atoms with van der Waals surface area (Å²) in [6.45, 7) is 8.90. The van der Waals surface area contributed by atoms with E-state index in [0.717, 1.165) is 45.4 Å². The highest BCUT2D eigenvalue weighted by atomic mass is 16.2. The number of likely N-dealkylation sites (tertiary alicyclic amines) is 1. The molecule has 2 rings (SSSR count). The molecule has 30 heavy (non-hydrogen) atoms. The van der Waals surface area contributed by atoms with Crippen LogP contribution in [0.2, 0.25) is 0 Å². The van der Waals surface area contributed by atoms with Gasteiger partial charge in [0, 0.05) is 45.0 Å². The number of carbonyl (C=O) groups excluding carboxylic acids is 2. The van der Waals surface area contributed by atoms with Crippen LogP contribution in [0.4, 0.5) is 4.79 Å². The standard InChI is InChI=1S/C23H39N5O2/c1-5-20-18-27(17-19-8-12-24-13-9-19)15-10-21(20)16-22(29)28(6-2)23(30)25-11-7-14-26(3)4/h8-9,12-13,20-21H,5-7,10-11,14-18H2,1-4H3,(H,25,30)/t20-,21-/m0/s1. The fourth-order valence-electron chi connectivity index (χ4n) is 4.23. The quantitative estimate of drug-likeness (QED) is 0.593. The molecule has 7 nitrogen and oxygen atoms in total. The average molecular weight is 418 g/mol. The van der Waals surface area contributed by atoms with Crippen LogP contribution in [0.15, 0.2) is 24.5 Å². The van der Waals surface area contributed by atoms with Crippen molar-refractivity contribution in [2.45, 2.75) is 46.1 Å². The molecule has 168 valence electrons. The maximum Gasteiger partial charge on any atom is 0.324 e. The van der Waals surface area contributed by atoms with Crippen molar-refractivity contribution in [1.82, 2.24) is 25.0 Å². The van der Waals surface area contributed by atoms with Gasteiger partial charge in [-0.25, -0.2) is 4.79 Å². The smallest absolute Gasteiger partial charge is 0.324 e. The summed E-state index contributed by atoms with van der Waals surface area (Å²) in [5.74, 6) is 0.770. The average Bonchev–Trinajstić information content (AvgIpc) is 2.73. The van der Waals surface area contributed by atoms with Crippen molar-refractivity contribution in [1.29, 1.82) is 0 Å². The normalized spacial score (nSPS) is 19.6. The number of nitrogens with zero attached hydrogens (tertiary/aromatic N) is 4. The summed E-state index contributed by atoms with van der Waals surface area (Å²) in [6.07, 6.45) is 7.05. The molecular weight excluding hydrogens is 378 g/mol. The highest BCUT2D eigenvalue weighted by Gasteiger charge is 2.31. The topological polar surface area (TPSA) is 68.8 Å². The van der Waals surface area contributed by atoms with E-state index in [1.54, 1.807) is 0 Å². The first-order valence-corrected chi connectivity index (χ1v) is 11.3. The molecule has 0 saturated carbocycles. The largest absolute Gasteiger partial charge is 0.338 e. The molecule has 1 saturated heterocycles. The predicted octanol–water partition coefficient (Wildman–Crippen LogP) is 2.83. The Labute approximate surface area is 181 Å². The maximum atomic E-state index is 12.9. The molecule has 0 aliphatic carbocycles. The van der Waals surface area contributed by atoms with Gasteiger partial charge in [0.1, 0.15) is 0 Å². The molecule has 1 aliphatic heterocycles. The van der Waals surface area contributed by atoms with E-state index < -0.39 is 0 Å². The van der Waals surface area contributed by atoms with Gasteiger partial charge in [-0.1, -0.05) is 13.3 Å². The van der Waals surface area contributed by atoms with Crippen LogP contribution in [0.5, 0.6) is 0 Å². The maximum absolute atomic E-state index is 12.9. The Balaban J connectivity index is 1.84. The summed E-state index contributed by atoms with van der Waals surface area (Å²) in [5.41, 5.74) is 1.28. The van der Waals surface area contributed by atoms with Gasteiger partial charge >= 0.3 is 6.03 Å². The molecule has 1 aliphatic rings. The Morgan fingerprint density at radius 1 is 1.20 bits per heavy atom. The van der Waals surface area contributed by atoms with E-state index >= 15 is 0 Å². The molecule has 0 aromatic carbocycles. The zero-order chi connectivity index (χ0) is 21.9. The van der Waals surface area contributed by atoms with Gasteiger partial charge in [-0.15, -0.1) is 0 Å². The number of amides is 3. The van der Waals surface area contributed by atoms with Crippen LogP contribution < -0.4 is 5.32 Å². The lowest BCUT2D eigenvalue weighted by molar-refractivity contribution is -0.130. The Bertz CT molecular complexity index is 652. The molecule has 3 amide bonds. The van der Waals surface area contributed by atoms with Crippen molar-refractivity contribution in [3.8, 4) is 0 Å². The minimum atomic E-state index is -0.260. The molecule has 0 bridgehead atoms. The van der Waals surface area contributed by atoms with E-state index in [4.69, 9.17) is 0 Å². The summed E-state index contributed by atoms with van der Waals surface area (Å²) >= 11 is 0. The van der Waals surface area contributed by atoms with Gasteiger partial charge < -0.3 is 10.2 Å². The molecule has 2 atom stereocenters. The van der Waals surface area contributed by atoms with E-state index in [1.165, 1.54) is 10.5 Å². The zero-order valence-corrected chi connectivity index (χ0v) is 19.1. The number of aromatic nitrogens is 1. The third-order valence-corrected chi connectivity index (χ3v) is 6.01. The summed E-state index contributed by atoms with van der Waals surface area (Å²) in [7, 11) is 4.02. The second-order valence-corrected chi connectivity index (χ2v) is 8.54. The molecule has 0 spiro atoms. The molecule has 1 aromatic rings. The van der Waals surface area contributed by atoms with Crippen LogP contribution in [0.1, 0.15) is 45.1 Å². The van der Waals surface area contributed by atoms with Crippen LogP contribution in [-0.4, -0.2) is 78.4 Å².